The molecule has 1 aromatic heterocycles. The molecule has 1 saturated heterocycles. The summed E-state index contributed by atoms with van der Waals surface area (Å²) < 4.78 is 5.52. The van der Waals surface area contributed by atoms with Gasteiger partial charge in [0.25, 0.3) is 5.91 Å². The van der Waals surface area contributed by atoms with Crippen molar-refractivity contribution in [1.82, 2.24) is 15.2 Å². The first kappa shape index (κ1) is 20.3. The standard InChI is InChI=1S/C20H28N4O4/c1-20(8-4-3-5-9-20)19(27)23-15-11-24(12-16(15)28-2)18(26)14-7-6-13(10-22-14)17(21)25/h6-7,10,15-16H,3-5,8-9,11-12H2,1-2H3,(H2,21,25)(H,23,27)/t15-,16-/m1/s1. The predicted molar refractivity (Wildman–Crippen MR) is 103 cm³/mol. The second-order valence-corrected chi connectivity index (χ2v) is 7.98. The zero-order valence-electron chi connectivity index (χ0n) is 16.4. The van der Waals surface area contributed by atoms with Crippen molar-refractivity contribution in [3.63, 3.8) is 0 Å². The minimum atomic E-state index is -0.592. The number of carbonyl (C=O) groups excluding carboxylic acids is 3. The van der Waals surface area contributed by atoms with Gasteiger partial charge in [0.05, 0.1) is 17.7 Å². The number of aromatic nitrogens is 1. The van der Waals surface area contributed by atoms with E-state index in [9.17, 15) is 14.4 Å². The average Bonchev–Trinajstić information content (AvgIpc) is 3.11. The van der Waals surface area contributed by atoms with Crippen LogP contribution >= 0.6 is 0 Å². The normalized spacial score (nSPS) is 24.0. The first-order valence-corrected chi connectivity index (χ1v) is 9.73. The van der Waals surface area contributed by atoms with Gasteiger partial charge in [-0.25, -0.2) is 0 Å². The highest BCUT2D eigenvalue weighted by molar-refractivity contribution is 5.95. The van der Waals surface area contributed by atoms with E-state index in [4.69, 9.17) is 10.5 Å². The second kappa shape index (κ2) is 8.26. The third-order valence-electron chi connectivity index (χ3n) is 5.95. The lowest BCUT2D eigenvalue weighted by Crippen LogP contribution is -2.50. The van der Waals surface area contributed by atoms with Crippen molar-refractivity contribution in [1.29, 1.82) is 0 Å². The molecule has 1 aromatic rings. The van der Waals surface area contributed by atoms with Gasteiger partial charge in [0, 0.05) is 31.8 Å². The Bertz CT molecular complexity index is 743. The maximum atomic E-state index is 12.9. The summed E-state index contributed by atoms with van der Waals surface area (Å²) >= 11 is 0. The number of nitrogens with two attached hydrogens (primary N) is 1. The number of nitrogens with zero attached hydrogens (tertiary/aromatic N) is 2. The molecule has 8 heteroatoms. The molecule has 2 fully saturated rings. The van der Waals surface area contributed by atoms with Crippen LogP contribution < -0.4 is 11.1 Å². The maximum Gasteiger partial charge on any atom is 0.272 e. The van der Waals surface area contributed by atoms with Gasteiger partial charge in [0.15, 0.2) is 0 Å². The summed E-state index contributed by atoms with van der Waals surface area (Å²) in [5.74, 6) is -0.817. The second-order valence-electron chi connectivity index (χ2n) is 7.98. The van der Waals surface area contributed by atoms with Crippen molar-refractivity contribution < 1.29 is 19.1 Å². The van der Waals surface area contributed by atoms with Crippen LogP contribution in [0.2, 0.25) is 0 Å². The highest BCUT2D eigenvalue weighted by Gasteiger charge is 2.41. The lowest BCUT2D eigenvalue weighted by Gasteiger charge is -2.33. The quantitative estimate of drug-likeness (QED) is 0.784. The molecule has 0 spiro atoms. The summed E-state index contributed by atoms with van der Waals surface area (Å²) in [4.78, 5) is 42.4. The van der Waals surface area contributed by atoms with Crippen molar-refractivity contribution >= 4 is 17.7 Å². The molecule has 8 nitrogen and oxygen atoms in total. The molecule has 2 aliphatic rings. The van der Waals surface area contributed by atoms with E-state index in [1.807, 2.05) is 6.92 Å². The van der Waals surface area contributed by atoms with E-state index in [-0.39, 0.29) is 40.6 Å². The molecule has 1 aliphatic heterocycles. The molecule has 1 saturated carbocycles. The Labute approximate surface area is 164 Å². The molecule has 3 amide bonds. The number of carbonyl (C=O) groups is 3. The van der Waals surface area contributed by atoms with E-state index in [2.05, 4.69) is 10.3 Å². The van der Waals surface area contributed by atoms with Crippen molar-refractivity contribution in [3.05, 3.63) is 29.6 Å². The van der Waals surface area contributed by atoms with Crippen molar-refractivity contribution in [3.8, 4) is 0 Å². The van der Waals surface area contributed by atoms with E-state index >= 15 is 0 Å². The van der Waals surface area contributed by atoms with E-state index in [0.29, 0.717) is 13.1 Å². The van der Waals surface area contributed by atoms with Crippen LogP contribution in [0.5, 0.6) is 0 Å². The van der Waals surface area contributed by atoms with Crippen molar-refractivity contribution in [2.45, 2.75) is 51.2 Å². The van der Waals surface area contributed by atoms with Crippen LogP contribution in [-0.4, -0.2) is 60.0 Å². The van der Waals surface area contributed by atoms with Crippen LogP contribution in [-0.2, 0) is 9.53 Å². The Kier molecular flexibility index (Phi) is 5.98. The van der Waals surface area contributed by atoms with Gasteiger partial charge in [0.1, 0.15) is 5.69 Å². The number of nitrogens with one attached hydrogen (secondary N) is 1. The number of likely N-dealkylation sites (tertiary alicyclic amines) is 1. The number of pyridine rings is 1. The van der Waals surface area contributed by atoms with Gasteiger partial charge in [-0.1, -0.05) is 26.2 Å². The minimum absolute atomic E-state index is 0.0393. The van der Waals surface area contributed by atoms with Crippen molar-refractivity contribution in [2.24, 2.45) is 11.1 Å². The zero-order valence-corrected chi connectivity index (χ0v) is 16.4. The molecule has 2 atom stereocenters. The van der Waals surface area contributed by atoms with Gasteiger partial charge < -0.3 is 20.7 Å². The zero-order chi connectivity index (χ0) is 20.3. The van der Waals surface area contributed by atoms with E-state index < -0.39 is 5.91 Å². The van der Waals surface area contributed by atoms with Crippen LogP contribution in [0.25, 0.3) is 0 Å². The fourth-order valence-corrected chi connectivity index (χ4v) is 4.05. The molecule has 0 aromatic carbocycles. The SMILES string of the molecule is CO[C@@H]1CN(C(=O)c2ccc(C(N)=O)cn2)C[C@H]1NC(=O)C1(C)CCCCC1. The Morgan fingerprint density at radius 3 is 2.50 bits per heavy atom. The van der Waals surface area contributed by atoms with Gasteiger partial charge in [-0.05, 0) is 25.0 Å². The average molecular weight is 388 g/mol. The Morgan fingerprint density at radius 2 is 1.93 bits per heavy atom. The summed E-state index contributed by atoms with van der Waals surface area (Å²) in [5, 5.41) is 3.11. The number of hydrogen-bond acceptors (Lipinski definition) is 5. The highest BCUT2D eigenvalue weighted by atomic mass is 16.5. The molecule has 2 heterocycles. The molecular formula is C20H28N4O4. The summed E-state index contributed by atoms with van der Waals surface area (Å²) in [7, 11) is 1.58. The number of rotatable bonds is 5. The Morgan fingerprint density at radius 1 is 1.21 bits per heavy atom. The first-order valence-electron chi connectivity index (χ1n) is 9.73. The number of amides is 3. The van der Waals surface area contributed by atoms with Gasteiger partial charge in [0.2, 0.25) is 11.8 Å². The monoisotopic (exact) mass is 388 g/mol. The molecule has 152 valence electrons. The van der Waals surface area contributed by atoms with E-state index in [0.717, 1.165) is 25.7 Å². The van der Waals surface area contributed by atoms with E-state index in [1.165, 1.54) is 24.8 Å². The summed E-state index contributed by atoms with van der Waals surface area (Å²) in [6, 6.07) is 2.71. The lowest BCUT2D eigenvalue weighted by molar-refractivity contribution is -0.133. The van der Waals surface area contributed by atoms with Crippen LogP contribution in [0.1, 0.15) is 59.9 Å². The summed E-state index contributed by atoms with van der Waals surface area (Å²) in [6.07, 6.45) is 6.12. The molecule has 0 radical (unpaired) electrons. The van der Waals surface area contributed by atoms with Gasteiger partial charge in [-0.15, -0.1) is 0 Å². The fourth-order valence-electron chi connectivity index (χ4n) is 4.05. The molecule has 0 bridgehead atoms. The summed E-state index contributed by atoms with van der Waals surface area (Å²) in [6.45, 7) is 2.75. The first-order chi connectivity index (χ1) is 13.3. The van der Waals surface area contributed by atoms with Gasteiger partial charge in [-0.2, -0.15) is 0 Å². The maximum absolute atomic E-state index is 12.9. The number of ether oxygens (including phenoxy) is 1. The third kappa shape index (κ3) is 4.16. The number of methoxy groups -OCH3 is 1. The topological polar surface area (TPSA) is 115 Å². The van der Waals surface area contributed by atoms with Crippen LogP contribution in [0.4, 0.5) is 0 Å². The lowest BCUT2D eigenvalue weighted by atomic mass is 9.75. The highest BCUT2D eigenvalue weighted by Crippen LogP contribution is 2.36. The third-order valence-corrected chi connectivity index (χ3v) is 5.95. The van der Waals surface area contributed by atoms with Gasteiger partial charge >= 0.3 is 0 Å². The molecule has 0 unspecified atom stereocenters. The van der Waals surface area contributed by atoms with E-state index in [1.54, 1.807) is 12.0 Å². The molecule has 3 N–H and O–H groups in total. The van der Waals surface area contributed by atoms with Crippen LogP contribution in [0.3, 0.4) is 0 Å². The van der Waals surface area contributed by atoms with Crippen LogP contribution in [0.15, 0.2) is 18.3 Å². The summed E-state index contributed by atoms with van der Waals surface area (Å²) in [5.41, 5.74) is 5.33. The van der Waals surface area contributed by atoms with Gasteiger partial charge in [-0.3, -0.25) is 19.4 Å². The predicted octanol–water partition coefficient (Wildman–Crippen LogP) is 1.11. The smallest absolute Gasteiger partial charge is 0.272 e. The molecule has 3 rings (SSSR count). The molecule has 1 aliphatic carbocycles. The molecule has 28 heavy (non-hydrogen) atoms. The Balaban J connectivity index is 1.66. The number of hydrogen-bond donors (Lipinski definition) is 2. The van der Waals surface area contributed by atoms with Crippen molar-refractivity contribution in [2.75, 3.05) is 20.2 Å². The number of primary amides is 1. The van der Waals surface area contributed by atoms with Crippen LogP contribution in [0, 0.1) is 5.41 Å². The molecular weight excluding hydrogens is 360 g/mol. The fraction of sp³-hybridized carbons (Fsp3) is 0.600. The minimum Gasteiger partial charge on any atom is -0.377 e. The Hall–Kier alpha value is -2.48. The largest absolute Gasteiger partial charge is 0.377 e.